The summed E-state index contributed by atoms with van der Waals surface area (Å²) < 4.78 is 12.2. The molecule has 0 bridgehead atoms. The molecular weight excluding hydrogens is 316 g/mol. The van der Waals surface area contributed by atoms with Crippen LogP contribution in [0.1, 0.15) is 53.4 Å². The summed E-state index contributed by atoms with van der Waals surface area (Å²) in [5.74, 6) is 1.81. The van der Waals surface area contributed by atoms with E-state index in [1.54, 1.807) is 0 Å². The van der Waals surface area contributed by atoms with Gasteiger partial charge in [0.25, 0.3) is 0 Å². The average molecular weight is 351 g/mol. The Morgan fingerprint density at radius 2 is 1.92 bits per heavy atom. The quantitative estimate of drug-likeness (QED) is 0.534. The van der Waals surface area contributed by atoms with Crippen molar-refractivity contribution in [3.05, 3.63) is 11.6 Å². The summed E-state index contributed by atoms with van der Waals surface area (Å²) in [6.07, 6.45) is 7.37. The zero-order valence-electron chi connectivity index (χ0n) is 16.2. The van der Waals surface area contributed by atoms with E-state index >= 15 is 0 Å². The van der Waals surface area contributed by atoms with Gasteiger partial charge < -0.3 is 9.16 Å². The fourth-order valence-electron chi connectivity index (χ4n) is 4.63. The second-order valence-corrected chi connectivity index (χ2v) is 14.4. The second-order valence-electron chi connectivity index (χ2n) is 9.61. The molecule has 0 unspecified atom stereocenters. The van der Waals surface area contributed by atoms with Crippen LogP contribution in [0.4, 0.5) is 0 Å². The monoisotopic (exact) mass is 350 g/mol. The van der Waals surface area contributed by atoms with Gasteiger partial charge in [-0.3, -0.25) is 0 Å². The summed E-state index contributed by atoms with van der Waals surface area (Å²) >= 11 is 0. The van der Waals surface area contributed by atoms with Crippen molar-refractivity contribution in [1.29, 1.82) is 0 Å². The van der Waals surface area contributed by atoms with Gasteiger partial charge in [-0.25, -0.2) is 4.79 Å². The highest BCUT2D eigenvalue weighted by Crippen LogP contribution is 2.50. The van der Waals surface area contributed by atoms with Crippen LogP contribution >= 0.6 is 0 Å². The van der Waals surface area contributed by atoms with E-state index in [4.69, 9.17) is 9.16 Å². The van der Waals surface area contributed by atoms with Crippen LogP contribution in [0.5, 0.6) is 0 Å². The van der Waals surface area contributed by atoms with Gasteiger partial charge in [0, 0.05) is 18.1 Å². The Labute approximate surface area is 148 Å². The van der Waals surface area contributed by atoms with Crippen molar-refractivity contribution < 1.29 is 14.0 Å². The number of esters is 1. The number of allylic oxidation sites excluding steroid dienone is 1. The topological polar surface area (TPSA) is 35.5 Å². The highest BCUT2D eigenvalue weighted by molar-refractivity contribution is 6.74. The van der Waals surface area contributed by atoms with E-state index in [9.17, 15) is 4.79 Å². The average Bonchev–Trinajstić information content (AvgIpc) is 2.77. The zero-order valence-corrected chi connectivity index (χ0v) is 17.2. The maximum atomic E-state index is 12.3. The van der Waals surface area contributed by atoms with Crippen LogP contribution in [0.3, 0.4) is 0 Å². The number of ether oxygens (including phenoxy) is 1. The summed E-state index contributed by atoms with van der Waals surface area (Å²) in [6, 6.07) is 0. The molecule has 1 saturated heterocycles. The number of fused-ring (bicyclic) bond motifs is 2. The van der Waals surface area contributed by atoms with Gasteiger partial charge in [-0.05, 0) is 55.7 Å². The Balaban J connectivity index is 1.84. The molecule has 4 heteroatoms. The molecule has 1 aliphatic heterocycles. The SMILES string of the molecule is C[C@@H]1OC(=O)C2=C[C@H]3CCCC[C@H]3[C@H](CO[Si](C)(C)C(C)(C)C)[C@H]21. The van der Waals surface area contributed by atoms with Gasteiger partial charge in [0.1, 0.15) is 6.10 Å². The second kappa shape index (κ2) is 6.28. The van der Waals surface area contributed by atoms with Crippen molar-refractivity contribution in [3.63, 3.8) is 0 Å². The Hall–Kier alpha value is -0.613. The van der Waals surface area contributed by atoms with Gasteiger partial charge in [0.05, 0.1) is 0 Å². The molecule has 0 amide bonds. The minimum Gasteiger partial charge on any atom is -0.459 e. The van der Waals surface area contributed by atoms with Crippen LogP contribution in [0, 0.1) is 23.7 Å². The number of hydrogen-bond donors (Lipinski definition) is 0. The number of carbonyl (C=O) groups is 1. The van der Waals surface area contributed by atoms with Crippen LogP contribution in [0.15, 0.2) is 11.6 Å². The Morgan fingerprint density at radius 3 is 2.58 bits per heavy atom. The lowest BCUT2D eigenvalue weighted by molar-refractivity contribution is -0.138. The van der Waals surface area contributed by atoms with E-state index in [-0.39, 0.29) is 23.0 Å². The van der Waals surface area contributed by atoms with Crippen molar-refractivity contribution in [2.24, 2.45) is 23.7 Å². The predicted octanol–water partition coefficient (Wildman–Crippen LogP) is 4.93. The van der Waals surface area contributed by atoms with Crippen molar-refractivity contribution in [2.75, 3.05) is 6.61 Å². The minimum absolute atomic E-state index is 0.000331. The maximum absolute atomic E-state index is 12.3. The minimum atomic E-state index is -1.77. The van der Waals surface area contributed by atoms with Gasteiger partial charge in [-0.15, -0.1) is 0 Å². The third-order valence-corrected chi connectivity index (χ3v) is 11.6. The lowest BCUT2D eigenvalue weighted by atomic mass is 9.62. The highest BCUT2D eigenvalue weighted by atomic mass is 28.4. The molecule has 2 aliphatic carbocycles. The molecule has 0 radical (unpaired) electrons. The van der Waals surface area contributed by atoms with Crippen LogP contribution in [-0.4, -0.2) is 27.0 Å². The first-order chi connectivity index (χ1) is 11.1. The third-order valence-electron chi connectivity index (χ3n) is 7.12. The molecule has 0 aromatic heterocycles. The van der Waals surface area contributed by atoms with E-state index < -0.39 is 8.32 Å². The molecule has 0 aromatic rings. The fraction of sp³-hybridized carbons (Fsp3) is 0.850. The summed E-state index contributed by atoms with van der Waals surface area (Å²) in [5, 5.41) is 0.222. The maximum Gasteiger partial charge on any atom is 0.334 e. The van der Waals surface area contributed by atoms with Gasteiger partial charge in [-0.2, -0.15) is 0 Å². The molecule has 3 nitrogen and oxygen atoms in total. The Kier molecular flexibility index (Phi) is 4.76. The molecule has 24 heavy (non-hydrogen) atoms. The molecule has 0 N–H and O–H groups in total. The molecule has 1 saturated carbocycles. The first-order valence-electron chi connectivity index (χ1n) is 9.68. The van der Waals surface area contributed by atoms with Crippen molar-refractivity contribution in [1.82, 2.24) is 0 Å². The van der Waals surface area contributed by atoms with Crippen molar-refractivity contribution >= 4 is 14.3 Å². The summed E-state index contributed by atoms with van der Waals surface area (Å²) in [6.45, 7) is 14.4. The van der Waals surface area contributed by atoms with Gasteiger partial charge in [0.2, 0.25) is 0 Å². The lowest BCUT2D eigenvalue weighted by Gasteiger charge is -2.45. The van der Waals surface area contributed by atoms with Gasteiger partial charge in [-0.1, -0.05) is 39.7 Å². The predicted molar refractivity (Wildman–Crippen MR) is 99.2 cm³/mol. The molecule has 3 rings (SSSR count). The molecule has 1 heterocycles. The number of hydrogen-bond acceptors (Lipinski definition) is 3. The van der Waals surface area contributed by atoms with Gasteiger partial charge in [0.15, 0.2) is 8.32 Å². The van der Waals surface area contributed by atoms with Crippen LogP contribution < -0.4 is 0 Å². The van der Waals surface area contributed by atoms with Gasteiger partial charge >= 0.3 is 5.97 Å². The molecule has 0 spiro atoms. The van der Waals surface area contributed by atoms with Crippen molar-refractivity contribution in [3.8, 4) is 0 Å². The summed E-state index contributed by atoms with van der Waals surface area (Å²) in [4.78, 5) is 12.3. The lowest BCUT2D eigenvalue weighted by Crippen LogP contribution is -2.46. The van der Waals surface area contributed by atoms with Crippen molar-refractivity contribution in [2.45, 2.75) is 77.6 Å². The van der Waals surface area contributed by atoms with E-state index in [0.717, 1.165) is 12.2 Å². The molecule has 5 atom stereocenters. The molecule has 2 fully saturated rings. The third kappa shape index (κ3) is 3.12. The van der Waals surface area contributed by atoms with Crippen LogP contribution in [-0.2, 0) is 14.0 Å². The number of cyclic esters (lactones) is 1. The molecule has 3 aliphatic rings. The highest BCUT2D eigenvalue weighted by Gasteiger charge is 2.50. The largest absolute Gasteiger partial charge is 0.459 e. The number of carbonyl (C=O) groups excluding carboxylic acids is 1. The summed E-state index contributed by atoms with van der Waals surface area (Å²) in [5.41, 5.74) is 0.953. The standard InChI is InChI=1S/C20H34O3Si/c1-13-18-16(19(21)23-13)11-14-9-7-8-10-15(14)17(18)12-22-24(5,6)20(2,3)4/h11,13-15,17-18H,7-10,12H2,1-6H3/t13-,14+,15+,17-,18-/m0/s1. The van der Waals surface area contributed by atoms with E-state index in [1.165, 1.54) is 25.7 Å². The van der Waals surface area contributed by atoms with Crippen LogP contribution in [0.2, 0.25) is 18.1 Å². The van der Waals surface area contributed by atoms with E-state index in [0.29, 0.717) is 17.8 Å². The molecule has 0 aromatic carbocycles. The van der Waals surface area contributed by atoms with Crippen LogP contribution in [0.25, 0.3) is 0 Å². The van der Waals surface area contributed by atoms with E-state index in [1.807, 2.05) is 0 Å². The first kappa shape index (κ1) is 18.2. The van der Waals surface area contributed by atoms with E-state index in [2.05, 4.69) is 46.9 Å². The first-order valence-corrected chi connectivity index (χ1v) is 12.6. The normalized spacial score (nSPS) is 36.7. The molecule has 136 valence electrons. The molecular formula is C20H34O3Si. The Bertz CT molecular complexity index is 531. The smallest absolute Gasteiger partial charge is 0.334 e. The number of rotatable bonds is 3. The zero-order chi connectivity index (χ0) is 17.7. The summed E-state index contributed by atoms with van der Waals surface area (Å²) in [7, 11) is -1.77. The fourth-order valence-corrected chi connectivity index (χ4v) is 5.67. The Morgan fingerprint density at radius 1 is 1.25 bits per heavy atom.